The van der Waals surface area contributed by atoms with Crippen LogP contribution in [0.1, 0.15) is 12.5 Å². The first-order chi connectivity index (χ1) is 12.3. The van der Waals surface area contributed by atoms with Crippen LogP contribution in [0.5, 0.6) is 0 Å². The van der Waals surface area contributed by atoms with E-state index in [0.29, 0.717) is 11.3 Å². The Morgan fingerprint density at radius 1 is 1.08 bits per heavy atom. The van der Waals surface area contributed by atoms with Gasteiger partial charge in [-0.25, -0.2) is 4.90 Å². The summed E-state index contributed by atoms with van der Waals surface area (Å²) in [5.41, 5.74) is 0.817. The molecule has 26 heavy (non-hydrogen) atoms. The molecule has 0 saturated heterocycles. The zero-order chi connectivity index (χ0) is 19.3. The van der Waals surface area contributed by atoms with Gasteiger partial charge in [-0.2, -0.15) is 0 Å². The highest BCUT2D eigenvalue weighted by molar-refractivity contribution is 7.40. The van der Waals surface area contributed by atoms with Crippen molar-refractivity contribution < 1.29 is 24.0 Å². The molecule has 2 atom stereocenters. The molecule has 8 nitrogen and oxygen atoms in total. The normalized spacial score (nSPS) is 14.3. The molecule has 1 aromatic carbocycles. The highest BCUT2D eigenvalue weighted by Gasteiger charge is 2.25. The van der Waals surface area contributed by atoms with E-state index in [1.54, 1.807) is 24.3 Å². The molecule has 2 rings (SSSR count). The molecule has 0 aliphatic carbocycles. The molecule has 0 spiro atoms. The first kappa shape index (κ1) is 19.5. The van der Waals surface area contributed by atoms with Crippen LogP contribution in [0.25, 0.3) is 0 Å². The molecule has 0 saturated carbocycles. The topological polar surface area (TPSA) is 113 Å². The van der Waals surface area contributed by atoms with Crippen LogP contribution < -0.4 is 15.5 Å². The number of nitrogens with zero attached hydrogens (tertiary/aromatic N) is 1. The SMILES string of the molecule is CC(NC(=O)Cc1ccc(N2C(=O)C=CC2=O)cc1)C(=O)NCC(=O)P. The number of benzene rings is 1. The van der Waals surface area contributed by atoms with Crippen molar-refractivity contribution in [2.45, 2.75) is 19.4 Å². The molecule has 2 N–H and O–H groups in total. The number of amides is 4. The first-order valence-electron chi connectivity index (χ1n) is 7.78. The maximum absolute atomic E-state index is 12.0. The molecule has 0 bridgehead atoms. The van der Waals surface area contributed by atoms with E-state index in [9.17, 15) is 24.0 Å². The number of rotatable bonds is 7. The third-order valence-corrected chi connectivity index (χ3v) is 3.78. The van der Waals surface area contributed by atoms with Crippen molar-refractivity contribution in [2.75, 3.05) is 11.4 Å². The van der Waals surface area contributed by atoms with E-state index < -0.39 is 23.8 Å². The molecular weight excluding hydrogens is 357 g/mol. The maximum Gasteiger partial charge on any atom is 0.258 e. The van der Waals surface area contributed by atoms with Crippen molar-refractivity contribution in [1.82, 2.24) is 10.6 Å². The minimum atomic E-state index is -0.781. The van der Waals surface area contributed by atoms with Crippen molar-refractivity contribution in [3.8, 4) is 0 Å². The van der Waals surface area contributed by atoms with E-state index in [2.05, 4.69) is 10.6 Å². The molecule has 1 aliphatic rings. The Morgan fingerprint density at radius 3 is 2.19 bits per heavy atom. The van der Waals surface area contributed by atoms with Crippen LogP contribution in [0.4, 0.5) is 5.69 Å². The Bertz CT molecular complexity index is 770. The van der Waals surface area contributed by atoms with Gasteiger partial charge in [-0.1, -0.05) is 21.4 Å². The second-order valence-corrected chi connectivity index (χ2v) is 6.31. The van der Waals surface area contributed by atoms with E-state index >= 15 is 0 Å². The number of nitrogens with one attached hydrogen (secondary N) is 2. The maximum atomic E-state index is 12.0. The molecule has 2 unspecified atom stereocenters. The molecule has 9 heteroatoms. The van der Waals surface area contributed by atoms with Crippen LogP contribution in [0.2, 0.25) is 0 Å². The second kappa shape index (κ2) is 8.49. The van der Waals surface area contributed by atoms with Gasteiger partial charge in [-0.05, 0) is 24.6 Å². The predicted molar refractivity (Wildman–Crippen MR) is 97.1 cm³/mol. The van der Waals surface area contributed by atoms with Crippen LogP contribution in [0, 0.1) is 0 Å². The average molecular weight is 375 g/mol. The third kappa shape index (κ3) is 5.07. The van der Waals surface area contributed by atoms with E-state index in [-0.39, 0.29) is 24.4 Å². The summed E-state index contributed by atoms with van der Waals surface area (Å²) in [5, 5.41) is 4.94. The zero-order valence-corrected chi connectivity index (χ0v) is 15.2. The van der Waals surface area contributed by atoms with Crippen molar-refractivity contribution >= 4 is 44.1 Å². The number of anilines is 1. The van der Waals surface area contributed by atoms with Crippen LogP contribution in [0.15, 0.2) is 36.4 Å². The summed E-state index contributed by atoms with van der Waals surface area (Å²) >= 11 is 0. The van der Waals surface area contributed by atoms with Gasteiger partial charge in [-0.3, -0.25) is 24.0 Å². The fraction of sp³-hybridized carbons (Fsp3) is 0.235. The first-order valence-corrected chi connectivity index (χ1v) is 8.36. The van der Waals surface area contributed by atoms with Gasteiger partial charge in [0.25, 0.3) is 11.8 Å². The van der Waals surface area contributed by atoms with E-state index in [4.69, 9.17) is 0 Å². The lowest BCUT2D eigenvalue weighted by Gasteiger charge is -2.15. The molecule has 0 radical (unpaired) electrons. The predicted octanol–water partition coefficient (Wildman–Crippen LogP) is -0.319. The standard InChI is InChI=1S/C17H18N3O5P/c1-10(17(25)18-9-16(24)26)19-13(21)8-11-2-4-12(5-3-11)20-14(22)6-7-15(20)23/h2-7,10H,8-9,26H2,1H3,(H,18,25)(H,19,21). The van der Waals surface area contributed by atoms with Gasteiger partial charge in [0.15, 0.2) is 5.52 Å². The van der Waals surface area contributed by atoms with Gasteiger partial charge in [0.1, 0.15) is 6.04 Å². The van der Waals surface area contributed by atoms with Crippen LogP contribution in [-0.4, -0.2) is 41.7 Å². The fourth-order valence-electron chi connectivity index (χ4n) is 2.29. The van der Waals surface area contributed by atoms with E-state index in [1.165, 1.54) is 19.1 Å². The lowest BCUT2D eigenvalue weighted by Crippen LogP contribution is -2.46. The highest BCUT2D eigenvalue weighted by atomic mass is 31.0. The average Bonchev–Trinajstić information content (AvgIpc) is 2.92. The Balaban J connectivity index is 1.89. The Hall–Kier alpha value is -2.86. The van der Waals surface area contributed by atoms with Crippen LogP contribution >= 0.6 is 9.24 Å². The Labute approximate surface area is 152 Å². The minimum absolute atomic E-state index is 0.0284. The van der Waals surface area contributed by atoms with Crippen molar-refractivity contribution in [2.24, 2.45) is 0 Å². The van der Waals surface area contributed by atoms with E-state index in [1.807, 2.05) is 9.24 Å². The highest BCUT2D eigenvalue weighted by Crippen LogP contribution is 2.19. The molecule has 1 heterocycles. The summed E-state index contributed by atoms with van der Waals surface area (Å²) in [6.45, 7) is 1.40. The molecule has 1 aliphatic heterocycles. The summed E-state index contributed by atoms with van der Waals surface area (Å²) in [5.74, 6) is -1.65. The Kier molecular flexibility index (Phi) is 6.36. The molecule has 136 valence electrons. The van der Waals surface area contributed by atoms with Crippen molar-refractivity contribution in [3.63, 3.8) is 0 Å². The summed E-state index contributed by atoms with van der Waals surface area (Å²) in [4.78, 5) is 58.8. The van der Waals surface area contributed by atoms with Gasteiger partial charge >= 0.3 is 0 Å². The van der Waals surface area contributed by atoms with Crippen LogP contribution in [0.3, 0.4) is 0 Å². The van der Waals surface area contributed by atoms with Gasteiger partial charge in [0.05, 0.1) is 18.7 Å². The summed E-state index contributed by atoms with van der Waals surface area (Å²) in [7, 11) is 1.95. The minimum Gasteiger partial charge on any atom is -0.347 e. The molecule has 1 aromatic rings. The van der Waals surface area contributed by atoms with E-state index in [0.717, 1.165) is 4.90 Å². The van der Waals surface area contributed by atoms with Gasteiger partial charge in [-0.15, -0.1) is 0 Å². The summed E-state index contributed by atoms with van der Waals surface area (Å²) in [6, 6.07) is 5.63. The number of carbonyl (C=O) groups is 5. The lowest BCUT2D eigenvalue weighted by molar-refractivity contribution is -0.128. The third-order valence-electron chi connectivity index (χ3n) is 3.58. The van der Waals surface area contributed by atoms with Gasteiger partial charge in [0, 0.05) is 12.2 Å². The molecule has 4 amide bonds. The smallest absolute Gasteiger partial charge is 0.258 e. The lowest BCUT2D eigenvalue weighted by atomic mass is 10.1. The number of carbonyl (C=O) groups excluding carboxylic acids is 5. The quantitative estimate of drug-likeness (QED) is 0.501. The number of hydrogen-bond donors (Lipinski definition) is 2. The molecular formula is C17H18N3O5P. The summed E-state index contributed by atoms with van der Waals surface area (Å²) < 4.78 is 0. The van der Waals surface area contributed by atoms with Gasteiger partial charge in [0.2, 0.25) is 11.8 Å². The Morgan fingerprint density at radius 2 is 1.65 bits per heavy atom. The zero-order valence-electron chi connectivity index (χ0n) is 14.0. The number of imide groups is 1. The monoisotopic (exact) mass is 375 g/mol. The van der Waals surface area contributed by atoms with Crippen LogP contribution in [-0.2, 0) is 30.4 Å². The number of hydrogen-bond acceptors (Lipinski definition) is 5. The molecule has 0 aromatic heterocycles. The fourth-order valence-corrected chi connectivity index (χ4v) is 2.39. The second-order valence-electron chi connectivity index (χ2n) is 5.66. The molecule has 0 fully saturated rings. The largest absolute Gasteiger partial charge is 0.347 e. The van der Waals surface area contributed by atoms with Crippen molar-refractivity contribution in [3.05, 3.63) is 42.0 Å². The summed E-state index contributed by atoms with van der Waals surface area (Å²) in [6.07, 6.45) is 2.42. The van der Waals surface area contributed by atoms with Crippen molar-refractivity contribution in [1.29, 1.82) is 0 Å². The van der Waals surface area contributed by atoms with Gasteiger partial charge < -0.3 is 10.6 Å².